The number of nitrogens with one attached hydrogen (secondary N) is 1. The van der Waals surface area contributed by atoms with Gasteiger partial charge in [0.05, 0.1) is 17.7 Å². The van der Waals surface area contributed by atoms with Gasteiger partial charge in [-0.25, -0.2) is 4.98 Å². The molecule has 14 heavy (non-hydrogen) atoms. The van der Waals surface area contributed by atoms with Crippen LogP contribution in [-0.2, 0) is 4.74 Å². The normalized spacial score (nSPS) is 17.1. The molecule has 1 N–H and O–H groups in total. The van der Waals surface area contributed by atoms with E-state index in [1.54, 1.807) is 6.20 Å². The minimum absolute atomic E-state index is 0.682. The number of H-pyrrole nitrogens is 1. The zero-order valence-electron chi connectivity index (χ0n) is 7.49. The molecule has 0 unspecified atom stereocenters. The molecule has 0 amide bonds. The van der Waals surface area contributed by atoms with Crippen LogP contribution in [0.4, 0.5) is 5.95 Å². The first-order valence-corrected chi connectivity index (χ1v) is 5.55. The highest BCUT2D eigenvalue weighted by Crippen LogP contribution is 2.14. The number of ether oxygens (including phenoxy) is 1. The number of halogens is 1. The van der Waals surface area contributed by atoms with Crippen LogP contribution in [0, 0.1) is 4.64 Å². The van der Waals surface area contributed by atoms with Crippen molar-refractivity contribution in [1.82, 2.24) is 9.97 Å². The third-order valence-electron chi connectivity index (χ3n) is 2.05. The van der Waals surface area contributed by atoms with E-state index in [9.17, 15) is 0 Å². The number of hydrogen-bond donors (Lipinski definition) is 1. The standard InChI is InChI=1S/C8H10BrN3OS/c9-6-5-10-8(11-7(6)14)12-1-3-13-4-2-12/h5H,1-4H2,(H,10,11,14). The molecular weight excluding hydrogens is 266 g/mol. The smallest absolute Gasteiger partial charge is 0.203 e. The summed E-state index contributed by atoms with van der Waals surface area (Å²) in [4.78, 5) is 9.47. The molecule has 4 nitrogen and oxygen atoms in total. The van der Waals surface area contributed by atoms with Crippen LogP contribution in [0.5, 0.6) is 0 Å². The Kier molecular flexibility index (Phi) is 3.15. The molecule has 1 aromatic heterocycles. The van der Waals surface area contributed by atoms with Gasteiger partial charge in [-0.3, -0.25) is 0 Å². The average Bonchev–Trinajstić information content (AvgIpc) is 2.23. The summed E-state index contributed by atoms with van der Waals surface area (Å²) in [7, 11) is 0. The lowest BCUT2D eigenvalue weighted by atomic mass is 10.4. The number of anilines is 1. The summed E-state index contributed by atoms with van der Waals surface area (Å²) in [6.07, 6.45) is 1.73. The Morgan fingerprint density at radius 3 is 2.86 bits per heavy atom. The summed E-state index contributed by atoms with van der Waals surface area (Å²) in [6.45, 7) is 3.22. The average molecular weight is 276 g/mol. The van der Waals surface area contributed by atoms with Crippen LogP contribution >= 0.6 is 28.1 Å². The van der Waals surface area contributed by atoms with E-state index in [2.05, 4.69) is 30.8 Å². The third kappa shape index (κ3) is 2.13. The lowest BCUT2D eigenvalue weighted by molar-refractivity contribution is 0.122. The topological polar surface area (TPSA) is 41.2 Å². The first-order chi connectivity index (χ1) is 6.77. The van der Waals surface area contributed by atoms with Crippen LogP contribution in [0.15, 0.2) is 10.7 Å². The van der Waals surface area contributed by atoms with Gasteiger partial charge in [0.15, 0.2) is 0 Å². The van der Waals surface area contributed by atoms with Crippen molar-refractivity contribution in [2.75, 3.05) is 31.2 Å². The molecule has 0 bridgehead atoms. The maximum absolute atomic E-state index is 5.26. The number of rotatable bonds is 1. The highest BCUT2D eigenvalue weighted by atomic mass is 79.9. The number of aromatic amines is 1. The van der Waals surface area contributed by atoms with Gasteiger partial charge < -0.3 is 14.6 Å². The molecule has 0 atom stereocenters. The molecule has 0 saturated carbocycles. The second kappa shape index (κ2) is 4.37. The van der Waals surface area contributed by atoms with Crippen LogP contribution in [-0.4, -0.2) is 36.3 Å². The summed E-state index contributed by atoms with van der Waals surface area (Å²) in [5.74, 6) is 0.821. The largest absolute Gasteiger partial charge is 0.378 e. The van der Waals surface area contributed by atoms with E-state index in [4.69, 9.17) is 17.0 Å². The number of aromatic nitrogens is 2. The third-order valence-corrected chi connectivity index (χ3v) is 3.24. The van der Waals surface area contributed by atoms with Crippen molar-refractivity contribution in [1.29, 1.82) is 0 Å². The summed E-state index contributed by atoms with van der Waals surface area (Å²) in [5, 5.41) is 0. The van der Waals surface area contributed by atoms with Gasteiger partial charge in [-0.15, -0.1) is 0 Å². The predicted molar refractivity (Wildman–Crippen MR) is 60.2 cm³/mol. The number of hydrogen-bond acceptors (Lipinski definition) is 4. The Morgan fingerprint density at radius 2 is 2.21 bits per heavy atom. The van der Waals surface area contributed by atoms with Crippen molar-refractivity contribution >= 4 is 34.1 Å². The van der Waals surface area contributed by atoms with Gasteiger partial charge in [0, 0.05) is 19.3 Å². The van der Waals surface area contributed by atoms with Gasteiger partial charge in [0.1, 0.15) is 4.64 Å². The van der Waals surface area contributed by atoms with E-state index in [1.807, 2.05) is 0 Å². The van der Waals surface area contributed by atoms with Crippen molar-refractivity contribution < 1.29 is 4.74 Å². The molecule has 6 heteroatoms. The van der Waals surface area contributed by atoms with Gasteiger partial charge in [-0.1, -0.05) is 12.2 Å². The van der Waals surface area contributed by atoms with Crippen molar-refractivity contribution in [3.8, 4) is 0 Å². The highest BCUT2D eigenvalue weighted by Gasteiger charge is 2.12. The van der Waals surface area contributed by atoms with Crippen molar-refractivity contribution in [2.45, 2.75) is 0 Å². The van der Waals surface area contributed by atoms with Gasteiger partial charge >= 0.3 is 0 Å². The summed E-state index contributed by atoms with van der Waals surface area (Å²) in [6, 6.07) is 0. The van der Waals surface area contributed by atoms with Gasteiger partial charge in [0.2, 0.25) is 5.95 Å². The van der Waals surface area contributed by atoms with E-state index in [0.29, 0.717) is 4.64 Å². The van der Waals surface area contributed by atoms with Crippen molar-refractivity contribution in [3.05, 3.63) is 15.3 Å². The Morgan fingerprint density at radius 1 is 1.50 bits per heavy atom. The molecule has 1 aromatic rings. The van der Waals surface area contributed by atoms with Crippen molar-refractivity contribution in [3.63, 3.8) is 0 Å². The van der Waals surface area contributed by atoms with Gasteiger partial charge in [-0.2, -0.15) is 0 Å². The summed E-state index contributed by atoms with van der Waals surface area (Å²) < 4.78 is 6.76. The zero-order valence-corrected chi connectivity index (χ0v) is 9.90. The van der Waals surface area contributed by atoms with E-state index in [0.717, 1.165) is 36.7 Å². The molecule has 1 aliphatic heterocycles. The summed E-state index contributed by atoms with van der Waals surface area (Å²) >= 11 is 8.42. The molecule has 76 valence electrons. The molecule has 1 fully saturated rings. The van der Waals surface area contributed by atoms with Crippen LogP contribution in [0.2, 0.25) is 0 Å². The second-order valence-electron chi connectivity index (χ2n) is 2.98. The molecule has 1 saturated heterocycles. The zero-order chi connectivity index (χ0) is 9.97. The van der Waals surface area contributed by atoms with E-state index >= 15 is 0 Å². The maximum Gasteiger partial charge on any atom is 0.203 e. The minimum Gasteiger partial charge on any atom is -0.378 e. The molecule has 2 heterocycles. The second-order valence-corrected chi connectivity index (χ2v) is 4.25. The Balaban J connectivity index is 2.23. The van der Waals surface area contributed by atoms with E-state index in [1.165, 1.54) is 0 Å². The van der Waals surface area contributed by atoms with Crippen molar-refractivity contribution in [2.24, 2.45) is 0 Å². The van der Waals surface area contributed by atoms with Crippen LogP contribution in [0.3, 0.4) is 0 Å². The lowest BCUT2D eigenvalue weighted by Gasteiger charge is -2.27. The molecule has 0 spiro atoms. The predicted octanol–water partition coefficient (Wildman–Crippen LogP) is 1.74. The lowest BCUT2D eigenvalue weighted by Crippen LogP contribution is -2.37. The summed E-state index contributed by atoms with van der Waals surface area (Å²) in [5.41, 5.74) is 0. The monoisotopic (exact) mass is 275 g/mol. The quantitative estimate of drug-likeness (QED) is 0.793. The molecular formula is C8H10BrN3OS. The number of nitrogens with zero attached hydrogens (tertiary/aromatic N) is 2. The van der Waals surface area contributed by atoms with Crippen LogP contribution in [0.1, 0.15) is 0 Å². The minimum atomic E-state index is 0.682. The Labute approximate surface area is 95.4 Å². The molecule has 1 aliphatic rings. The van der Waals surface area contributed by atoms with Crippen LogP contribution in [0.25, 0.3) is 0 Å². The fraction of sp³-hybridized carbons (Fsp3) is 0.500. The van der Waals surface area contributed by atoms with Gasteiger partial charge in [0.25, 0.3) is 0 Å². The molecule has 0 aromatic carbocycles. The fourth-order valence-corrected chi connectivity index (χ4v) is 1.65. The molecule has 2 rings (SSSR count). The van der Waals surface area contributed by atoms with Gasteiger partial charge in [-0.05, 0) is 15.9 Å². The highest BCUT2D eigenvalue weighted by molar-refractivity contribution is 9.10. The SMILES string of the molecule is S=c1[nH]c(N2CCOCC2)ncc1Br. The first kappa shape index (κ1) is 10.1. The maximum atomic E-state index is 5.26. The fourth-order valence-electron chi connectivity index (χ4n) is 1.31. The van der Waals surface area contributed by atoms with Crippen LogP contribution < -0.4 is 4.90 Å². The Bertz CT molecular complexity index is 375. The van der Waals surface area contributed by atoms with E-state index < -0.39 is 0 Å². The number of morpholine rings is 1. The Hall–Kier alpha value is -0.460. The molecule has 0 radical (unpaired) electrons. The van der Waals surface area contributed by atoms with E-state index in [-0.39, 0.29) is 0 Å². The first-order valence-electron chi connectivity index (χ1n) is 4.35. The molecule has 0 aliphatic carbocycles.